The maximum atomic E-state index is 11.4. The zero-order valence-corrected chi connectivity index (χ0v) is 20.1. The largest absolute Gasteiger partial charge is 0.480 e. The van der Waals surface area contributed by atoms with E-state index in [2.05, 4.69) is 15.3 Å². The van der Waals surface area contributed by atoms with E-state index in [0.29, 0.717) is 34.8 Å². The number of hydrogen-bond donors (Lipinski definition) is 5. The number of ether oxygens (including phenoxy) is 1. The fraction of sp³-hybridized carbons (Fsp3) is 0.320. The monoisotopic (exact) mass is 509 g/mol. The number of aliphatic hydroxyl groups is 2. The number of carboxylic acids is 1. The number of aromatic nitrogens is 3. The first kappa shape index (κ1) is 24.5. The Morgan fingerprint density at radius 1 is 1.25 bits per heavy atom. The van der Waals surface area contributed by atoms with Crippen LogP contribution < -0.4 is 11.1 Å². The average molecular weight is 510 g/mol. The number of carboxylic acid groups (broad SMARTS) is 1. The zero-order chi connectivity index (χ0) is 25.3. The summed E-state index contributed by atoms with van der Waals surface area (Å²) in [4.78, 5) is 19.8. The van der Waals surface area contributed by atoms with Gasteiger partial charge in [0.1, 0.15) is 17.7 Å². The van der Waals surface area contributed by atoms with Gasteiger partial charge in [-0.05, 0) is 29.7 Å². The van der Waals surface area contributed by atoms with Gasteiger partial charge >= 0.3 is 5.97 Å². The Morgan fingerprint density at radius 3 is 2.89 bits per heavy atom. The van der Waals surface area contributed by atoms with E-state index in [1.165, 1.54) is 22.7 Å². The van der Waals surface area contributed by atoms with Crippen LogP contribution in [0.5, 0.6) is 0 Å². The lowest BCUT2D eigenvalue weighted by Crippen LogP contribution is -2.46. The normalized spacial score (nSPS) is 22.8. The van der Waals surface area contributed by atoms with E-state index in [4.69, 9.17) is 15.6 Å². The summed E-state index contributed by atoms with van der Waals surface area (Å²) in [5.74, 6) is 0.374. The number of benzene rings is 2. The van der Waals surface area contributed by atoms with Crippen molar-refractivity contribution in [2.45, 2.75) is 30.4 Å². The highest BCUT2D eigenvalue weighted by atomic mass is 32.2. The first-order valence-electron chi connectivity index (χ1n) is 11.5. The Hall–Kier alpha value is -3.22. The predicted octanol–water partition coefficient (Wildman–Crippen LogP) is 2.27. The molecule has 4 atom stereocenters. The number of nitrogens with one attached hydrogen (secondary N) is 1. The molecule has 0 spiro atoms. The van der Waals surface area contributed by atoms with E-state index in [-0.39, 0.29) is 6.61 Å². The molecule has 188 valence electrons. The molecule has 5 rings (SSSR count). The van der Waals surface area contributed by atoms with Crippen molar-refractivity contribution in [1.29, 1.82) is 0 Å². The van der Waals surface area contributed by atoms with E-state index >= 15 is 0 Å². The molecule has 1 aliphatic heterocycles. The van der Waals surface area contributed by atoms with Crippen LogP contribution in [0.1, 0.15) is 6.42 Å². The molecule has 4 aromatic rings. The van der Waals surface area contributed by atoms with Crippen molar-refractivity contribution in [2.75, 3.05) is 23.4 Å². The molecule has 0 aliphatic carbocycles. The van der Waals surface area contributed by atoms with Gasteiger partial charge in [-0.3, -0.25) is 9.36 Å². The van der Waals surface area contributed by atoms with Crippen LogP contribution in [-0.4, -0.2) is 72.2 Å². The van der Waals surface area contributed by atoms with Crippen LogP contribution in [0.3, 0.4) is 0 Å². The lowest BCUT2D eigenvalue weighted by molar-refractivity contribution is -0.138. The summed E-state index contributed by atoms with van der Waals surface area (Å²) in [6.45, 7) is -0.117. The van der Waals surface area contributed by atoms with Gasteiger partial charge in [-0.25, -0.2) is 9.97 Å². The fourth-order valence-corrected chi connectivity index (χ4v) is 5.49. The third-order valence-electron chi connectivity index (χ3n) is 6.43. The number of nitrogens with zero attached hydrogens (tertiary/aromatic N) is 3. The summed E-state index contributed by atoms with van der Waals surface area (Å²) in [6, 6.07) is 14.8. The van der Waals surface area contributed by atoms with Crippen molar-refractivity contribution in [3.63, 3.8) is 0 Å². The Bertz CT molecular complexity index is 1390. The summed E-state index contributed by atoms with van der Waals surface area (Å²) in [5, 5.41) is 36.8. The van der Waals surface area contributed by atoms with Gasteiger partial charge in [-0.2, -0.15) is 11.8 Å². The quantitative estimate of drug-likeness (QED) is 0.212. The molecule has 0 amide bonds. The summed E-state index contributed by atoms with van der Waals surface area (Å²) in [6.07, 6.45) is 1.57. The Labute approximate surface area is 211 Å². The molecular weight excluding hydrogens is 482 g/mol. The van der Waals surface area contributed by atoms with Gasteiger partial charge in [0.15, 0.2) is 11.5 Å². The van der Waals surface area contributed by atoms with Gasteiger partial charge in [0.05, 0.1) is 24.6 Å². The number of carbonyl (C=O) groups is 1. The third-order valence-corrected chi connectivity index (χ3v) is 7.52. The predicted molar refractivity (Wildman–Crippen MR) is 138 cm³/mol. The number of hydrogen-bond acceptors (Lipinski definition) is 9. The third kappa shape index (κ3) is 4.51. The molecule has 0 saturated carbocycles. The van der Waals surface area contributed by atoms with Crippen molar-refractivity contribution in [3.8, 4) is 0 Å². The van der Waals surface area contributed by atoms with Gasteiger partial charge in [0, 0.05) is 23.0 Å². The number of aliphatic hydroxyl groups excluding tert-OH is 1. The molecule has 3 heterocycles. The second-order valence-corrected chi connectivity index (χ2v) is 9.92. The lowest BCUT2D eigenvalue weighted by Gasteiger charge is -2.28. The number of nitrogens with two attached hydrogens (primary N) is 1. The van der Waals surface area contributed by atoms with Crippen LogP contribution in [0.2, 0.25) is 0 Å². The molecule has 2 aromatic carbocycles. The van der Waals surface area contributed by atoms with E-state index < -0.39 is 29.9 Å². The van der Waals surface area contributed by atoms with E-state index in [1.807, 2.05) is 42.5 Å². The van der Waals surface area contributed by atoms with Gasteiger partial charge in [-0.15, -0.1) is 0 Å². The van der Waals surface area contributed by atoms with Crippen molar-refractivity contribution >= 4 is 51.0 Å². The molecule has 6 N–H and O–H groups in total. The fourth-order valence-electron chi connectivity index (χ4n) is 4.39. The van der Waals surface area contributed by atoms with Gasteiger partial charge < -0.3 is 31.1 Å². The maximum Gasteiger partial charge on any atom is 0.320 e. The summed E-state index contributed by atoms with van der Waals surface area (Å²) in [7, 11) is 0. The standard InChI is InChI=1S/C25H27N5O5S/c26-17(24(32)33)9-11-36-12-20-22(31)25(34,13-35-20)30-14-28-21-19(30)8-10-27-23(21)29-18-7-3-5-15-4-1-2-6-16(15)18/h1-8,10,14,17,20,22,31,34H,9,11-13,26H2,(H,27,29)(H,32,33). The number of thioether (sulfide) groups is 1. The highest BCUT2D eigenvalue weighted by Crippen LogP contribution is 2.35. The van der Waals surface area contributed by atoms with E-state index in [1.54, 1.807) is 12.3 Å². The van der Waals surface area contributed by atoms with Crippen LogP contribution in [0.15, 0.2) is 61.1 Å². The van der Waals surface area contributed by atoms with Crippen molar-refractivity contribution in [3.05, 3.63) is 61.1 Å². The molecule has 1 saturated heterocycles. The molecule has 0 bridgehead atoms. The number of fused-ring (bicyclic) bond motifs is 2. The second-order valence-electron chi connectivity index (χ2n) is 8.77. The number of aliphatic carboxylic acids is 1. The van der Waals surface area contributed by atoms with Crippen LogP contribution in [0.4, 0.5) is 11.5 Å². The number of pyridine rings is 1. The van der Waals surface area contributed by atoms with Crippen LogP contribution in [0.25, 0.3) is 21.8 Å². The van der Waals surface area contributed by atoms with Gasteiger partial charge in [0.2, 0.25) is 0 Å². The maximum absolute atomic E-state index is 11.4. The highest BCUT2D eigenvalue weighted by Gasteiger charge is 2.50. The molecule has 1 aliphatic rings. The summed E-state index contributed by atoms with van der Waals surface area (Å²) in [5.41, 5.74) is 5.84. The van der Waals surface area contributed by atoms with Gasteiger partial charge in [0.25, 0.3) is 0 Å². The number of rotatable bonds is 9. The summed E-state index contributed by atoms with van der Waals surface area (Å²) >= 11 is 1.42. The minimum absolute atomic E-state index is 0.117. The SMILES string of the molecule is NC(CCSCC1OCC(O)(n2cnc3c(Nc4cccc5ccccc45)nccc32)C1O)C(=O)O. The molecule has 11 heteroatoms. The molecular formula is C25H27N5O5S. The lowest BCUT2D eigenvalue weighted by atomic mass is 10.1. The molecule has 10 nitrogen and oxygen atoms in total. The van der Waals surface area contributed by atoms with Crippen LogP contribution in [-0.2, 0) is 15.3 Å². The number of anilines is 2. The van der Waals surface area contributed by atoms with E-state index in [9.17, 15) is 15.0 Å². The first-order valence-corrected chi connectivity index (χ1v) is 12.7. The summed E-state index contributed by atoms with van der Waals surface area (Å²) < 4.78 is 7.26. The zero-order valence-electron chi connectivity index (χ0n) is 19.3. The average Bonchev–Trinajstić information content (AvgIpc) is 3.45. The Kier molecular flexibility index (Phi) is 6.82. The van der Waals surface area contributed by atoms with Crippen molar-refractivity contribution in [2.24, 2.45) is 5.73 Å². The van der Waals surface area contributed by atoms with Crippen LogP contribution in [0, 0.1) is 0 Å². The van der Waals surface area contributed by atoms with Crippen molar-refractivity contribution < 1.29 is 24.9 Å². The molecule has 1 fully saturated rings. The van der Waals surface area contributed by atoms with Crippen molar-refractivity contribution in [1.82, 2.24) is 14.5 Å². The molecule has 4 unspecified atom stereocenters. The number of imidazole rings is 1. The van der Waals surface area contributed by atoms with Gasteiger partial charge in [-0.1, -0.05) is 36.4 Å². The van der Waals surface area contributed by atoms with Crippen LogP contribution >= 0.6 is 11.8 Å². The first-order chi connectivity index (χ1) is 17.4. The minimum atomic E-state index is -1.71. The minimum Gasteiger partial charge on any atom is -0.480 e. The smallest absolute Gasteiger partial charge is 0.320 e. The molecule has 0 radical (unpaired) electrons. The Morgan fingerprint density at radius 2 is 2.06 bits per heavy atom. The highest BCUT2D eigenvalue weighted by molar-refractivity contribution is 7.99. The second kappa shape index (κ2) is 10.0. The topological polar surface area (TPSA) is 156 Å². The van der Waals surface area contributed by atoms with E-state index in [0.717, 1.165) is 16.5 Å². The molecule has 2 aromatic heterocycles. The Balaban J connectivity index is 1.35. The molecule has 36 heavy (non-hydrogen) atoms.